The summed E-state index contributed by atoms with van der Waals surface area (Å²) in [6, 6.07) is 0. The van der Waals surface area contributed by atoms with E-state index in [0.29, 0.717) is 0 Å². The van der Waals surface area contributed by atoms with Crippen LogP contribution < -0.4 is 0 Å². The SMILES string of the molecule is CO[C-]=O.[Ac]. The predicted molar refractivity (Wildman–Crippen MR) is 12.7 cm³/mol. The van der Waals surface area contributed by atoms with Crippen LogP contribution in [0.4, 0.5) is 0 Å². The van der Waals surface area contributed by atoms with E-state index in [9.17, 15) is 0 Å². The van der Waals surface area contributed by atoms with E-state index in [1.807, 2.05) is 0 Å². The first kappa shape index (κ1) is 9.32. The zero-order valence-electron chi connectivity index (χ0n) is 2.89. The number of ether oxygens (including phenoxy) is 1. The Morgan fingerprint density at radius 2 is 2.00 bits per heavy atom. The summed E-state index contributed by atoms with van der Waals surface area (Å²) in [5.41, 5.74) is 0. The molecule has 1 radical (unpaired) electrons. The molecule has 0 saturated carbocycles. The van der Waals surface area contributed by atoms with Gasteiger partial charge in [-0.05, 0) is 0 Å². The van der Waals surface area contributed by atoms with Crippen LogP contribution >= 0.6 is 0 Å². The van der Waals surface area contributed by atoms with E-state index in [-0.39, 0.29) is 44.1 Å². The van der Waals surface area contributed by atoms with Gasteiger partial charge in [-0.15, -0.1) is 0 Å². The zero-order chi connectivity index (χ0) is 3.41. The quantitative estimate of drug-likeness (QED) is 0.619. The maximum atomic E-state index is 8.83. The second kappa shape index (κ2) is 8.86. The molecule has 0 aliphatic rings. The fraction of sp³-hybridized carbons (Fsp3) is 0.500. The van der Waals surface area contributed by atoms with Crippen LogP contribution in [0.15, 0.2) is 0 Å². The largest absolute Gasteiger partial charge is 0.655 e. The Bertz CT molecular complexity index is 21.6. The Morgan fingerprint density at radius 1 is 1.80 bits per heavy atom. The minimum Gasteiger partial charge on any atom is -0.655 e. The molecule has 0 aliphatic heterocycles. The first-order chi connectivity index (χ1) is 1.91. The Morgan fingerprint density at radius 3 is 2.00 bits per heavy atom. The molecule has 0 unspecified atom stereocenters. The van der Waals surface area contributed by atoms with Crippen molar-refractivity contribution in [1.82, 2.24) is 0 Å². The second-order valence-corrected chi connectivity index (χ2v) is 0.287. The monoisotopic (exact) mass is 286 g/mol. The minimum absolute atomic E-state index is 0. The van der Waals surface area contributed by atoms with Gasteiger partial charge < -0.3 is 9.53 Å². The van der Waals surface area contributed by atoms with Crippen molar-refractivity contribution in [3.8, 4) is 0 Å². The minimum atomic E-state index is 0. The normalized spacial score (nSPS) is 4.20. The van der Waals surface area contributed by atoms with Crippen molar-refractivity contribution in [2.75, 3.05) is 7.11 Å². The molecule has 0 aromatic carbocycles. The maximum absolute atomic E-state index is 8.83. The van der Waals surface area contributed by atoms with Gasteiger partial charge in [0.05, 0.1) is 0 Å². The van der Waals surface area contributed by atoms with Gasteiger partial charge in [0, 0.05) is 51.2 Å². The Hall–Kier alpha value is 0.912. The molecule has 0 bridgehead atoms. The van der Waals surface area contributed by atoms with E-state index >= 15 is 0 Å². The summed E-state index contributed by atoms with van der Waals surface area (Å²) in [7, 11) is 1.26. The Kier molecular flexibility index (Phi) is 16.5. The van der Waals surface area contributed by atoms with Gasteiger partial charge in [-0.2, -0.15) is 0 Å². The average molecular weight is 286 g/mol. The summed E-state index contributed by atoms with van der Waals surface area (Å²) in [5, 5.41) is 0. The van der Waals surface area contributed by atoms with E-state index in [2.05, 4.69) is 4.74 Å². The summed E-state index contributed by atoms with van der Waals surface area (Å²) in [4.78, 5) is 8.83. The molecule has 0 amide bonds. The molecular formula is C2H3AcO2-. The maximum Gasteiger partial charge on any atom is 0.0362 e. The van der Waals surface area contributed by atoms with Gasteiger partial charge in [0.1, 0.15) is 0 Å². The molecule has 0 aromatic heterocycles. The van der Waals surface area contributed by atoms with Crippen LogP contribution in [0.3, 0.4) is 0 Å². The van der Waals surface area contributed by atoms with Crippen molar-refractivity contribution in [1.29, 1.82) is 0 Å². The van der Waals surface area contributed by atoms with E-state index in [1.165, 1.54) is 13.6 Å². The average Bonchev–Trinajstić information content (AvgIpc) is 1.37. The summed E-state index contributed by atoms with van der Waals surface area (Å²) in [6.45, 7) is 1.18. The molecule has 0 heterocycles. The number of methoxy groups -OCH3 is 1. The molecule has 27 valence electrons. The van der Waals surface area contributed by atoms with Crippen molar-refractivity contribution in [2.45, 2.75) is 0 Å². The molecule has 0 rings (SSSR count). The van der Waals surface area contributed by atoms with Crippen molar-refractivity contribution >= 4 is 6.47 Å². The van der Waals surface area contributed by atoms with E-state index < -0.39 is 0 Å². The number of hydrogen-bond donors (Lipinski definition) is 0. The molecule has 0 saturated heterocycles. The van der Waals surface area contributed by atoms with Gasteiger partial charge in [-0.25, -0.2) is 0 Å². The van der Waals surface area contributed by atoms with Gasteiger partial charge in [0.2, 0.25) is 0 Å². The van der Waals surface area contributed by atoms with Gasteiger partial charge in [0.25, 0.3) is 0 Å². The number of rotatable bonds is 1. The molecule has 0 atom stereocenters. The molecular weight excluding hydrogens is 283 g/mol. The van der Waals surface area contributed by atoms with Gasteiger partial charge in [-0.3, -0.25) is 0 Å². The topological polar surface area (TPSA) is 26.3 Å². The van der Waals surface area contributed by atoms with Crippen molar-refractivity contribution in [3.05, 3.63) is 0 Å². The van der Waals surface area contributed by atoms with Crippen LogP contribution in [0.2, 0.25) is 0 Å². The van der Waals surface area contributed by atoms with Gasteiger partial charge in [0.15, 0.2) is 0 Å². The zero-order valence-corrected chi connectivity index (χ0v) is 7.64. The van der Waals surface area contributed by atoms with Gasteiger partial charge >= 0.3 is 0 Å². The van der Waals surface area contributed by atoms with Crippen molar-refractivity contribution in [3.63, 3.8) is 0 Å². The Labute approximate surface area is 66.4 Å². The third kappa shape index (κ3) is 11.4. The second-order valence-electron chi connectivity index (χ2n) is 0.287. The molecule has 0 aromatic rings. The van der Waals surface area contributed by atoms with Crippen molar-refractivity contribution < 1.29 is 53.6 Å². The Balaban J connectivity index is 0. The van der Waals surface area contributed by atoms with Crippen LogP contribution in [0.25, 0.3) is 0 Å². The van der Waals surface area contributed by atoms with Crippen LogP contribution in [0.5, 0.6) is 0 Å². The smallest absolute Gasteiger partial charge is 0.0362 e. The third-order valence-corrected chi connectivity index (χ3v) is 0.0833. The summed E-state index contributed by atoms with van der Waals surface area (Å²) < 4.78 is 3.74. The molecule has 2 nitrogen and oxygen atoms in total. The summed E-state index contributed by atoms with van der Waals surface area (Å²) >= 11 is 0. The van der Waals surface area contributed by atoms with Crippen LogP contribution in [-0.2, 0) is 9.53 Å². The molecule has 0 aliphatic carbocycles. The number of carbonyl (C=O) groups excluding carboxylic acids is 1. The fourth-order valence-electron chi connectivity index (χ4n) is 0. The fourth-order valence-corrected chi connectivity index (χ4v) is 0. The van der Waals surface area contributed by atoms with E-state index in [0.717, 1.165) is 0 Å². The van der Waals surface area contributed by atoms with Crippen LogP contribution in [0, 0.1) is 44.1 Å². The van der Waals surface area contributed by atoms with E-state index in [1.54, 1.807) is 0 Å². The summed E-state index contributed by atoms with van der Waals surface area (Å²) in [5.74, 6) is 0. The van der Waals surface area contributed by atoms with E-state index in [4.69, 9.17) is 4.79 Å². The first-order valence-electron chi connectivity index (χ1n) is 0.816. The standard InChI is InChI=1S/C2H3O2.Ac/c1-4-2-3;/h1H3;/q-1;. The summed E-state index contributed by atoms with van der Waals surface area (Å²) in [6.07, 6.45) is 0. The molecule has 3 heteroatoms. The number of hydrogen-bond acceptors (Lipinski definition) is 2. The molecule has 0 spiro atoms. The van der Waals surface area contributed by atoms with Crippen LogP contribution in [-0.4, -0.2) is 13.6 Å². The van der Waals surface area contributed by atoms with Crippen molar-refractivity contribution in [2.24, 2.45) is 0 Å². The molecule has 0 fully saturated rings. The third-order valence-electron chi connectivity index (χ3n) is 0.0833. The van der Waals surface area contributed by atoms with Crippen LogP contribution in [0.1, 0.15) is 0 Å². The molecule has 0 N–H and O–H groups in total. The first-order valence-corrected chi connectivity index (χ1v) is 0.816. The van der Waals surface area contributed by atoms with Gasteiger partial charge in [-0.1, -0.05) is 6.47 Å². The predicted octanol–water partition coefficient (Wildman–Crippen LogP) is -0.300. The molecule has 5 heavy (non-hydrogen) atoms.